The average molecular weight is 185 g/mol. The molecule has 0 bridgehead atoms. The van der Waals surface area contributed by atoms with E-state index >= 15 is 0 Å². The molecule has 2 heterocycles. The maximum absolute atomic E-state index is 5.88. The van der Waals surface area contributed by atoms with Gasteiger partial charge < -0.3 is 4.42 Å². The molecule has 0 atom stereocenters. The van der Waals surface area contributed by atoms with Crippen molar-refractivity contribution in [2.75, 3.05) is 0 Å². The van der Waals surface area contributed by atoms with Gasteiger partial charge in [0.25, 0.3) is 5.89 Å². The number of H-pyrrole nitrogens is 1. The number of rotatable bonds is 1. The molecular formula is C6H5ClN4O. The molecule has 2 aromatic rings. The fourth-order valence-corrected chi connectivity index (χ4v) is 0.999. The molecule has 0 aromatic carbocycles. The van der Waals surface area contributed by atoms with Crippen LogP contribution in [-0.4, -0.2) is 20.4 Å². The molecule has 0 aliphatic rings. The van der Waals surface area contributed by atoms with E-state index in [9.17, 15) is 0 Å². The Morgan fingerprint density at radius 2 is 2.42 bits per heavy atom. The van der Waals surface area contributed by atoms with Gasteiger partial charge in [-0.3, -0.25) is 5.10 Å². The van der Waals surface area contributed by atoms with Crippen molar-refractivity contribution < 1.29 is 4.42 Å². The summed E-state index contributed by atoms with van der Waals surface area (Å²) in [6, 6.07) is 0. The fourth-order valence-electron chi connectivity index (χ4n) is 0.833. The van der Waals surface area contributed by atoms with E-state index in [-0.39, 0.29) is 0 Å². The van der Waals surface area contributed by atoms with Gasteiger partial charge in [-0.05, 0) is 6.92 Å². The average Bonchev–Trinajstić information content (AvgIpc) is 2.64. The second-order valence-corrected chi connectivity index (χ2v) is 2.63. The summed E-state index contributed by atoms with van der Waals surface area (Å²) in [5, 5.41) is 14.3. The highest BCUT2D eigenvalue weighted by Crippen LogP contribution is 2.25. The van der Waals surface area contributed by atoms with Crippen LogP contribution in [0.5, 0.6) is 0 Å². The lowest BCUT2D eigenvalue weighted by molar-refractivity contribution is 0.566. The zero-order valence-corrected chi connectivity index (χ0v) is 6.96. The molecule has 5 nitrogen and oxygen atoms in total. The topological polar surface area (TPSA) is 67.6 Å². The Kier molecular flexibility index (Phi) is 1.58. The molecule has 0 saturated carbocycles. The van der Waals surface area contributed by atoms with E-state index in [2.05, 4.69) is 20.4 Å². The number of aromatic nitrogens is 4. The Morgan fingerprint density at radius 1 is 1.58 bits per heavy atom. The van der Waals surface area contributed by atoms with Crippen LogP contribution >= 0.6 is 11.6 Å². The summed E-state index contributed by atoms with van der Waals surface area (Å²) in [5.74, 6) is 0.323. The predicted octanol–water partition coefficient (Wildman–Crippen LogP) is 1.42. The van der Waals surface area contributed by atoms with Gasteiger partial charge in [-0.2, -0.15) is 5.10 Å². The summed E-state index contributed by atoms with van der Waals surface area (Å²) >= 11 is 5.88. The number of hydrogen-bond acceptors (Lipinski definition) is 4. The van der Waals surface area contributed by atoms with Crippen LogP contribution in [0.25, 0.3) is 11.6 Å². The van der Waals surface area contributed by atoms with E-state index in [1.54, 1.807) is 0 Å². The van der Waals surface area contributed by atoms with Crippen LogP contribution in [0.15, 0.2) is 10.8 Å². The van der Waals surface area contributed by atoms with Crippen molar-refractivity contribution in [3.63, 3.8) is 0 Å². The molecule has 0 amide bonds. The molecule has 0 aliphatic heterocycles. The van der Waals surface area contributed by atoms with E-state index in [0.29, 0.717) is 16.6 Å². The number of aryl methyl sites for hydroxylation is 1. The maximum Gasteiger partial charge on any atom is 0.269 e. The molecule has 0 aliphatic carbocycles. The van der Waals surface area contributed by atoms with E-state index in [1.165, 1.54) is 6.39 Å². The number of hydrogen-bond donors (Lipinski definition) is 1. The summed E-state index contributed by atoms with van der Waals surface area (Å²) in [6.07, 6.45) is 1.23. The van der Waals surface area contributed by atoms with Crippen LogP contribution in [-0.2, 0) is 0 Å². The van der Waals surface area contributed by atoms with Crippen molar-refractivity contribution in [3.05, 3.63) is 17.1 Å². The second-order valence-electron chi connectivity index (χ2n) is 2.26. The highest BCUT2D eigenvalue weighted by atomic mass is 35.5. The maximum atomic E-state index is 5.88. The van der Waals surface area contributed by atoms with Gasteiger partial charge in [-0.15, -0.1) is 10.2 Å². The summed E-state index contributed by atoms with van der Waals surface area (Å²) < 4.78 is 4.92. The highest BCUT2D eigenvalue weighted by molar-refractivity contribution is 6.33. The van der Waals surface area contributed by atoms with Crippen molar-refractivity contribution in [2.24, 2.45) is 0 Å². The molecule has 0 spiro atoms. The largest absolute Gasteiger partial charge is 0.422 e. The van der Waals surface area contributed by atoms with Gasteiger partial charge >= 0.3 is 0 Å². The molecule has 0 unspecified atom stereocenters. The van der Waals surface area contributed by atoms with Crippen LogP contribution < -0.4 is 0 Å². The van der Waals surface area contributed by atoms with Crippen LogP contribution in [0.4, 0.5) is 0 Å². The van der Waals surface area contributed by atoms with E-state index < -0.39 is 0 Å². The third-order valence-corrected chi connectivity index (χ3v) is 1.90. The molecule has 2 aromatic heterocycles. The Labute approximate surface area is 72.8 Å². The lowest BCUT2D eigenvalue weighted by Crippen LogP contribution is -1.78. The van der Waals surface area contributed by atoms with E-state index in [0.717, 1.165) is 5.69 Å². The lowest BCUT2D eigenvalue weighted by Gasteiger charge is -1.86. The minimum absolute atomic E-state index is 0.323. The van der Waals surface area contributed by atoms with Gasteiger partial charge in [0.05, 0.1) is 10.7 Å². The number of halogens is 1. The van der Waals surface area contributed by atoms with Gasteiger partial charge in [0, 0.05) is 0 Å². The molecule has 0 saturated heterocycles. The van der Waals surface area contributed by atoms with Gasteiger partial charge in [0.1, 0.15) is 0 Å². The molecule has 6 heteroatoms. The number of aromatic amines is 1. The first-order valence-electron chi connectivity index (χ1n) is 3.26. The monoisotopic (exact) mass is 184 g/mol. The first-order chi connectivity index (χ1) is 5.79. The number of nitrogens with zero attached hydrogens (tertiary/aromatic N) is 3. The van der Waals surface area contributed by atoms with E-state index in [1.807, 2.05) is 6.92 Å². The third-order valence-electron chi connectivity index (χ3n) is 1.44. The zero-order chi connectivity index (χ0) is 8.55. The summed E-state index contributed by atoms with van der Waals surface area (Å²) in [6.45, 7) is 1.81. The molecule has 0 fully saturated rings. The van der Waals surface area contributed by atoms with Gasteiger partial charge in [-0.25, -0.2) is 0 Å². The van der Waals surface area contributed by atoms with Crippen LogP contribution in [0.3, 0.4) is 0 Å². The molecule has 62 valence electrons. The van der Waals surface area contributed by atoms with Crippen molar-refractivity contribution in [1.82, 2.24) is 20.4 Å². The normalized spacial score (nSPS) is 10.5. The Balaban J connectivity index is 2.55. The van der Waals surface area contributed by atoms with Gasteiger partial charge in [0.2, 0.25) is 6.39 Å². The van der Waals surface area contributed by atoms with Crippen molar-refractivity contribution in [1.29, 1.82) is 0 Å². The van der Waals surface area contributed by atoms with Gasteiger partial charge in [-0.1, -0.05) is 11.6 Å². The molecule has 1 N–H and O–H groups in total. The SMILES string of the molecule is Cc1[nH]nc(-c2nnco2)c1Cl. The smallest absolute Gasteiger partial charge is 0.269 e. The number of nitrogens with one attached hydrogen (secondary N) is 1. The third kappa shape index (κ3) is 0.984. The summed E-state index contributed by atoms with van der Waals surface area (Å²) in [5.41, 5.74) is 1.27. The van der Waals surface area contributed by atoms with Gasteiger partial charge in [0.15, 0.2) is 5.69 Å². The fraction of sp³-hybridized carbons (Fsp3) is 0.167. The zero-order valence-electron chi connectivity index (χ0n) is 6.21. The van der Waals surface area contributed by atoms with Crippen LogP contribution in [0, 0.1) is 6.92 Å². The van der Waals surface area contributed by atoms with Crippen molar-refractivity contribution in [3.8, 4) is 11.6 Å². The summed E-state index contributed by atoms with van der Waals surface area (Å²) in [4.78, 5) is 0. The molecule has 0 radical (unpaired) electrons. The minimum Gasteiger partial charge on any atom is -0.422 e. The van der Waals surface area contributed by atoms with E-state index in [4.69, 9.17) is 16.0 Å². The Bertz CT molecular complexity index is 380. The Morgan fingerprint density at radius 3 is 2.92 bits per heavy atom. The minimum atomic E-state index is 0.323. The molecule has 2 rings (SSSR count). The molecule has 12 heavy (non-hydrogen) atoms. The van der Waals surface area contributed by atoms with Crippen LogP contribution in [0.1, 0.15) is 5.69 Å². The standard InChI is InChI=1S/C6H5ClN4O/c1-3-4(7)5(10-9-3)6-11-8-2-12-6/h2H,1H3,(H,9,10). The predicted molar refractivity (Wildman–Crippen MR) is 41.6 cm³/mol. The first kappa shape index (κ1) is 7.30. The van der Waals surface area contributed by atoms with Crippen molar-refractivity contribution >= 4 is 11.6 Å². The van der Waals surface area contributed by atoms with Crippen molar-refractivity contribution in [2.45, 2.75) is 6.92 Å². The summed E-state index contributed by atoms with van der Waals surface area (Å²) in [7, 11) is 0. The Hall–Kier alpha value is -1.36. The second kappa shape index (κ2) is 2.60. The van der Waals surface area contributed by atoms with Crippen LogP contribution in [0.2, 0.25) is 5.02 Å². The molecular weight excluding hydrogens is 180 g/mol. The lowest BCUT2D eigenvalue weighted by atomic mass is 10.4. The quantitative estimate of drug-likeness (QED) is 0.728. The highest BCUT2D eigenvalue weighted by Gasteiger charge is 2.13. The first-order valence-corrected chi connectivity index (χ1v) is 3.64.